The summed E-state index contributed by atoms with van der Waals surface area (Å²) in [5.74, 6) is 2.25. The fourth-order valence-electron chi connectivity index (χ4n) is 1.61. The predicted octanol–water partition coefficient (Wildman–Crippen LogP) is 3.00. The molecule has 0 heterocycles. The van der Waals surface area contributed by atoms with Gasteiger partial charge in [0.25, 0.3) is 0 Å². The van der Waals surface area contributed by atoms with Gasteiger partial charge in [-0.1, -0.05) is 20.8 Å². The number of carboxylic acids is 1. The summed E-state index contributed by atoms with van der Waals surface area (Å²) in [7, 11) is 0. The van der Waals surface area contributed by atoms with Crippen molar-refractivity contribution in [2.45, 2.75) is 52.5 Å². The number of nitrogens with one attached hydrogen (secondary N) is 1. The van der Waals surface area contributed by atoms with Crippen LogP contribution in [0.15, 0.2) is 0 Å². The Labute approximate surface area is 110 Å². The topological polar surface area (TPSA) is 49.3 Å². The molecule has 0 amide bonds. The fourth-order valence-corrected chi connectivity index (χ4v) is 2.80. The van der Waals surface area contributed by atoms with E-state index in [-0.39, 0.29) is 0 Å². The molecule has 0 aliphatic rings. The van der Waals surface area contributed by atoms with E-state index in [4.69, 9.17) is 5.11 Å². The highest BCUT2D eigenvalue weighted by atomic mass is 32.2. The molecule has 0 aromatic rings. The van der Waals surface area contributed by atoms with Crippen LogP contribution in [0.5, 0.6) is 0 Å². The van der Waals surface area contributed by atoms with Crippen LogP contribution in [-0.2, 0) is 4.79 Å². The first-order valence-corrected chi connectivity index (χ1v) is 7.64. The van der Waals surface area contributed by atoms with Crippen LogP contribution < -0.4 is 5.32 Å². The summed E-state index contributed by atoms with van der Waals surface area (Å²) in [6, 6.07) is 0. The van der Waals surface area contributed by atoms with Crippen molar-refractivity contribution in [3.63, 3.8) is 0 Å². The van der Waals surface area contributed by atoms with Crippen LogP contribution in [0.25, 0.3) is 0 Å². The van der Waals surface area contributed by atoms with E-state index in [1.807, 2.05) is 18.7 Å². The van der Waals surface area contributed by atoms with Crippen molar-refractivity contribution in [3.05, 3.63) is 0 Å². The van der Waals surface area contributed by atoms with Crippen LogP contribution in [0.4, 0.5) is 0 Å². The molecule has 17 heavy (non-hydrogen) atoms. The van der Waals surface area contributed by atoms with Crippen molar-refractivity contribution in [1.29, 1.82) is 0 Å². The van der Waals surface area contributed by atoms with Crippen molar-refractivity contribution in [3.8, 4) is 0 Å². The second kappa shape index (κ2) is 8.81. The molecule has 0 radical (unpaired) electrons. The lowest BCUT2D eigenvalue weighted by atomic mass is 9.96. The minimum atomic E-state index is -0.757. The summed E-state index contributed by atoms with van der Waals surface area (Å²) in [5.41, 5.74) is -0.757. The Morgan fingerprint density at radius 3 is 2.53 bits per heavy atom. The minimum Gasteiger partial charge on any atom is -0.480 e. The van der Waals surface area contributed by atoms with Crippen LogP contribution in [-0.4, -0.2) is 34.7 Å². The molecule has 0 saturated heterocycles. The molecule has 1 atom stereocenters. The minimum absolute atomic E-state index is 0.698. The number of hydrogen-bond donors (Lipinski definition) is 2. The SMILES string of the molecule is CCNC(C)(CCCSCCC(C)C)C(=O)O. The molecule has 2 N–H and O–H groups in total. The summed E-state index contributed by atoms with van der Waals surface area (Å²) in [4.78, 5) is 11.2. The van der Waals surface area contributed by atoms with Crippen LogP contribution >= 0.6 is 11.8 Å². The average Bonchev–Trinajstić information content (AvgIpc) is 2.23. The Hall–Kier alpha value is -0.220. The number of aliphatic carboxylic acids is 1. The molecular formula is C13H27NO2S. The standard InChI is InChI=1S/C13H27NO2S/c1-5-14-13(4,12(15)16)8-6-9-17-10-7-11(2)3/h11,14H,5-10H2,1-4H3,(H,15,16). The quantitative estimate of drug-likeness (QED) is 0.594. The molecule has 0 aliphatic carbocycles. The first-order valence-electron chi connectivity index (χ1n) is 6.48. The maximum Gasteiger partial charge on any atom is 0.323 e. The first-order chi connectivity index (χ1) is 7.92. The third-order valence-corrected chi connectivity index (χ3v) is 3.95. The molecule has 102 valence electrons. The van der Waals surface area contributed by atoms with E-state index >= 15 is 0 Å². The number of carbonyl (C=O) groups is 1. The Kier molecular flexibility index (Phi) is 8.70. The normalized spacial score (nSPS) is 14.9. The predicted molar refractivity (Wildman–Crippen MR) is 75.7 cm³/mol. The molecule has 0 spiro atoms. The molecule has 0 fully saturated rings. The maximum atomic E-state index is 11.2. The third kappa shape index (κ3) is 7.66. The van der Waals surface area contributed by atoms with E-state index in [1.165, 1.54) is 12.2 Å². The highest BCUT2D eigenvalue weighted by molar-refractivity contribution is 7.99. The monoisotopic (exact) mass is 261 g/mol. The molecule has 0 aliphatic heterocycles. The van der Waals surface area contributed by atoms with Gasteiger partial charge in [0.15, 0.2) is 0 Å². The maximum absolute atomic E-state index is 11.2. The zero-order valence-corrected chi connectivity index (χ0v) is 12.4. The molecule has 0 aromatic heterocycles. The first kappa shape index (κ1) is 16.8. The second-order valence-electron chi connectivity index (χ2n) is 5.07. The van der Waals surface area contributed by atoms with Crippen molar-refractivity contribution in [2.24, 2.45) is 5.92 Å². The van der Waals surface area contributed by atoms with Gasteiger partial charge in [-0.15, -0.1) is 0 Å². The van der Waals surface area contributed by atoms with Crippen molar-refractivity contribution in [2.75, 3.05) is 18.1 Å². The second-order valence-corrected chi connectivity index (χ2v) is 6.29. The van der Waals surface area contributed by atoms with E-state index in [2.05, 4.69) is 19.2 Å². The molecule has 0 saturated carbocycles. The van der Waals surface area contributed by atoms with Crippen molar-refractivity contribution >= 4 is 17.7 Å². The molecule has 0 rings (SSSR count). The van der Waals surface area contributed by atoms with Gasteiger partial charge < -0.3 is 10.4 Å². The van der Waals surface area contributed by atoms with Gasteiger partial charge in [0.1, 0.15) is 5.54 Å². The van der Waals surface area contributed by atoms with Crippen LogP contribution in [0.2, 0.25) is 0 Å². The van der Waals surface area contributed by atoms with Crippen molar-refractivity contribution < 1.29 is 9.90 Å². The number of carboxylic acid groups (broad SMARTS) is 1. The Bertz CT molecular complexity index is 221. The van der Waals surface area contributed by atoms with E-state index < -0.39 is 11.5 Å². The van der Waals surface area contributed by atoms with Gasteiger partial charge in [-0.3, -0.25) is 4.79 Å². The molecule has 0 aromatic carbocycles. The van der Waals surface area contributed by atoms with Gasteiger partial charge in [0.05, 0.1) is 0 Å². The lowest BCUT2D eigenvalue weighted by Gasteiger charge is -2.25. The molecule has 4 heteroatoms. The fraction of sp³-hybridized carbons (Fsp3) is 0.923. The van der Waals surface area contributed by atoms with Gasteiger partial charge in [-0.05, 0) is 50.2 Å². The summed E-state index contributed by atoms with van der Waals surface area (Å²) in [5, 5.41) is 12.2. The van der Waals surface area contributed by atoms with Crippen LogP contribution in [0.1, 0.15) is 47.0 Å². The van der Waals surface area contributed by atoms with Gasteiger partial charge in [0.2, 0.25) is 0 Å². The Morgan fingerprint density at radius 1 is 1.41 bits per heavy atom. The summed E-state index contributed by atoms with van der Waals surface area (Å²) < 4.78 is 0. The highest BCUT2D eigenvalue weighted by Crippen LogP contribution is 2.16. The molecule has 3 nitrogen and oxygen atoms in total. The van der Waals surface area contributed by atoms with Crippen LogP contribution in [0, 0.1) is 5.92 Å². The van der Waals surface area contributed by atoms with Gasteiger partial charge in [-0.2, -0.15) is 11.8 Å². The molecule has 0 bridgehead atoms. The smallest absolute Gasteiger partial charge is 0.323 e. The Morgan fingerprint density at radius 2 is 2.06 bits per heavy atom. The lowest BCUT2D eigenvalue weighted by Crippen LogP contribution is -2.49. The summed E-state index contributed by atoms with van der Waals surface area (Å²) in [6.07, 6.45) is 2.90. The van der Waals surface area contributed by atoms with Gasteiger partial charge in [-0.25, -0.2) is 0 Å². The zero-order chi connectivity index (χ0) is 13.3. The average molecular weight is 261 g/mol. The number of likely N-dealkylation sites (N-methyl/N-ethyl adjacent to an activating group) is 1. The van der Waals surface area contributed by atoms with E-state index in [9.17, 15) is 4.79 Å². The third-order valence-electron chi connectivity index (χ3n) is 2.84. The van der Waals surface area contributed by atoms with E-state index in [1.54, 1.807) is 6.92 Å². The molecular weight excluding hydrogens is 234 g/mol. The van der Waals surface area contributed by atoms with E-state index in [0.717, 1.165) is 18.1 Å². The van der Waals surface area contributed by atoms with Gasteiger partial charge >= 0.3 is 5.97 Å². The lowest BCUT2D eigenvalue weighted by molar-refractivity contribution is -0.144. The largest absolute Gasteiger partial charge is 0.480 e. The van der Waals surface area contributed by atoms with Crippen LogP contribution in [0.3, 0.4) is 0 Å². The summed E-state index contributed by atoms with van der Waals surface area (Å²) >= 11 is 1.93. The van der Waals surface area contributed by atoms with Gasteiger partial charge in [0, 0.05) is 0 Å². The Balaban J connectivity index is 3.73. The number of thioether (sulfide) groups is 1. The molecule has 1 unspecified atom stereocenters. The summed E-state index contributed by atoms with van der Waals surface area (Å²) in [6.45, 7) is 8.87. The van der Waals surface area contributed by atoms with Crippen molar-refractivity contribution in [1.82, 2.24) is 5.32 Å². The van der Waals surface area contributed by atoms with E-state index in [0.29, 0.717) is 13.0 Å². The zero-order valence-electron chi connectivity index (χ0n) is 11.6. The number of rotatable bonds is 10. The number of hydrogen-bond acceptors (Lipinski definition) is 3. The highest BCUT2D eigenvalue weighted by Gasteiger charge is 2.30.